The summed E-state index contributed by atoms with van der Waals surface area (Å²) >= 11 is 0. The van der Waals surface area contributed by atoms with Crippen LogP contribution in [0.15, 0.2) is 152 Å². The molecular weight excluding hydrogens is 737 g/mol. The van der Waals surface area contributed by atoms with Gasteiger partial charge < -0.3 is 14.7 Å². The second kappa shape index (κ2) is 12.1. The van der Waals surface area contributed by atoms with Gasteiger partial charge in [-0.2, -0.15) is 0 Å². The van der Waals surface area contributed by atoms with Gasteiger partial charge in [0.25, 0.3) is 6.71 Å². The molecule has 4 aliphatic heterocycles. The number of para-hydroxylation sites is 2. The number of aryl methyl sites for hydroxylation is 3. The molecule has 7 aromatic rings. The van der Waals surface area contributed by atoms with Crippen LogP contribution in [0.3, 0.4) is 0 Å². The van der Waals surface area contributed by atoms with Gasteiger partial charge in [0.1, 0.15) is 0 Å². The molecule has 4 heterocycles. The van der Waals surface area contributed by atoms with E-state index in [4.69, 9.17) is 0 Å². The molecule has 0 aromatic heterocycles. The van der Waals surface area contributed by atoms with Gasteiger partial charge in [0.2, 0.25) is 0 Å². The predicted octanol–water partition coefficient (Wildman–Crippen LogP) is 12.0. The summed E-state index contributed by atoms with van der Waals surface area (Å²) in [7, 11) is 0. The Morgan fingerprint density at radius 3 is 2.08 bits per heavy atom. The third kappa shape index (κ3) is 4.22. The van der Waals surface area contributed by atoms with Crippen molar-refractivity contribution in [2.45, 2.75) is 95.1 Å². The van der Waals surface area contributed by atoms with E-state index in [0.717, 1.165) is 25.7 Å². The lowest BCUT2D eigenvalue weighted by molar-refractivity contribution is 0.215. The second-order valence-corrected chi connectivity index (χ2v) is 19.8. The quantitative estimate of drug-likeness (QED) is 0.165. The molecule has 0 bridgehead atoms. The molecule has 4 atom stereocenters. The average Bonchev–Trinajstić information content (AvgIpc) is 3.65. The Kier molecular flexibility index (Phi) is 7.08. The van der Waals surface area contributed by atoms with Crippen LogP contribution in [0.5, 0.6) is 0 Å². The van der Waals surface area contributed by atoms with E-state index >= 15 is 0 Å². The van der Waals surface area contributed by atoms with Crippen LogP contribution >= 0.6 is 0 Å². The summed E-state index contributed by atoms with van der Waals surface area (Å²) in [5.74, 6) is 0. The van der Waals surface area contributed by atoms with Crippen LogP contribution in [0, 0.1) is 13.8 Å². The summed E-state index contributed by atoms with van der Waals surface area (Å²) in [4.78, 5) is 8.33. The number of rotatable bonds is 3. The molecule has 7 aromatic carbocycles. The van der Waals surface area contributed by atoms with Crippen LogP contribution in [-0.2, 0) is 22.8 Å². The molecule has 0 saturated heterocycles. The maximum absolute atomic E-state index is 2.87. The number of fused-ring (bicyclic) bond motifs is 12. The minimum atomic E-state index is -0.301. The fraction of sp³-hybridized carbons (Fsp3) is 0.263. The normalized spacial score (nSPS) is 25.9. The minimum Gasteiger partial charge on any atom is -0.334 e. The summed E-state index contributed by atoms with van der Waals surface area (Å²) in [6.07, 6.45) is 6.91. The molecule has 61 heavy (non-hydrogen) atoms. The van der Waals surface area contributed by atoms with Gasteiger partial charge in [-0.1, -0.05) is 135 Å². The summed E-state index contributed by atoms with van der Waals surface area (Å²) < 4.78 is 0. The van der Waals surface area contributed by atoms with E-state index in [9.17, 15) is 0 Å². The smallest absolute Gasteiger partial charge is 0.252 e. The van der Waals surface area contributed by atoms with Gasteiger partial charge in [-0.15, -0.1) is 0 Å². The fourth-order valence-corrected chi connectivity index (χ4v) is 14.2. The molecule has 2 aliphatic carbocycles. The molecule has 0 N–H and O–H groups in total. The number of benzene rings is 7. The number of hydrogen-bond acceptors (Lipinski definition) is 3. The van der Waals surface area contributed by atoms with Crippen molar-refractivity contribution in [3.63, 3.8) is 0 Å². The molecule has 13 rings (SSSR count). The zero-order valence-corrected chi connectivity index (χ0v) is 36.1. The zero-order valence-electron chi connectivity index (χ0n) is 36.1. The highest BCUT2D eigenvalue weighted by Crippen LogP contribution is 2.67. The van der Waals surface area contributed by atoms with Crippen molar-refractivity contribution in [1.29, 1.82) is 0 Å². The lowest BCUT2D eigenvalue weighted by Crippen LogP contribution is -2.64. The highest BCUT2D eigenvalue weighted by Gasteiger charge is 2.64. The first-order chi connectivity index (χ1) is 29.7. The van der Waals surface area contributed by atoms with Crippen LogP contribution < -0.4 is 31.1 Å². The molecule has 0 spiro atoms. The lowest BCUT2D eigenvalue weighted by Gasteiger charge is -2.54. The van der Waals surface area contributed by atoms with Gasteiger partial charge in [-0.3, -0.25) is 0 Å². The second-order valence-electron chi connectivity index (χ2n) is 19.8. The molecule has 6 aliphatic rings. The fourth-order valence-electron chi connectivity index (χ4n) is 14.2. The van der Waals surface area contributed by atoms with Crippen molar-refractivity contribution in [2.75, 3.05) is 14.7 Å². The Labute approximate surface area is 361 Å². The summed E-state index contributed by atoms with van der Waals surface area (Å²) in [6, 6.07) is 59.4. The van der Waals surface area contributed by atoms with E-state index in [0.29, 0.717) is 0 Å². The van der Waals surface area contributed by atoms with E-state index in [1.54, 1.807) is 0 Å². The van der Waals surface area contributed by atoms with Gasteiger partial charge in [-0.25, -0.2) is 0 Å². The van der Waals surface area contributed by atoms with Crippen molar-refractivity contribution in [3.8, 4) is 0 Å². The van der Waals surface area contributed by atoms with Crippen molar-refractivity contribution >= 4 is 62.9 Å². The van der Waals surface area contributed by atoms with E-state index in [-0.39, 0.29) is 28.6 Å². The average molecular weight is 790 g/mol. The molecule has 4 heteroatoms. The van der Waals surface area contributed by atoms with Gasteiger partial charge in [-0.05, 0) is 145 Å². The Balaban J connectivity index is 1.17. The molecule has 298 valence electrons. The van der Waals surface area contributed by atoms with Gasteiger partial charge in [0, 0.05) is 50.6 Å². The van der Waals surface area contributed by atoms with Crippen molar-refractivity contribution < 1.29 is 0 Å². The van der Waals surface area contributed by atoms with Gasteiger partial charge in [0.15, 0.2) is 0 Å². The van der Waals surface area contributed by atoms with Crippen molar-refractivity contribution in [3.05, 3.63) is 191 Å². The first-order valence-corrected chi connectivity index (χ1v) is 22.8. The zero-order chi connectivity index (χ0) is 41.0. The maximum atomic E-state index is 2.87. The minimum absolute atomic E-state index is 0.0898. The van der Waals surface area contributed by atoms with Crippen LogP contribution in [-0.4, -0.2) is 12.3 Å². The van der Waals surface area contributed by atoms with Gasteiger partial charge >= 0.3 is 0 Å². The maximum Gasteiger partial charge on any atom is 0.252 e. The molecule has 0 amide bonds. The first kappa shape index (κ1) is 35.7. The van der Waals surface area contributed by atoms with Crippen molar-refractivity contribution in [1.82, 2.24) is 0 Å². The van der Waals surface area contributed by atoms with E-state index < -0.39 is 0 Å². The standard InChI is InChI=1S/C57H52BN3/c1-37-17-15-21-41(33-37)59-49-34-38(2)27-28-46(49)58-47-25-16-24-45-53(47)61(56(5)43-22-10-9-18-39(43)29-32-54(45,56)3)51-36-42(35-50(59)52(51)58)60-48-26-12-11-23-44(48)57(40-19-7-6-8-20-40)31-14-13-30-55(57,60)4/h6-12,15-28,33-36H,13-14,29-32H2,1-5H3. The number of anilines is 7. The highest BCUT2D eigenvalue weighted by molar-refractivity contribution is 7.00. The number of nitrogens with zero attached hydrogens (tertiary/aromatic N) is 3. The monoisotopic (exact) mass is 789 g/mol. The lowest BCUT2D eigenvalue weighted by atomic mass is 9.33. The van der Waals surface area contributed by atoms with Crippen LogP contribution in [0.25, 0.3) is 0 Å². The van der Waals surface area contributed by atoms with E-state index in [1.165, 1.54) is 108 Å². The summed E-state index contributed by atoms with van der Waals surface area (Å²) in [6.45, 7) is 12.4. The van der Waals surface area contributed by atoms with Crippen LogP contribution in [0.2, 0.25) is 0 Å². The molecule has 4 unspecified atom stereocenters. The predicted molar refractivity (Wildman–Crippen MR) is 256 cm³/mol. The molecule has 0 radical (unpaired) electrons. The Morgan fingerprint density at radius 1 is 0.508 bits per heavy atom. The molecule has 1 saturated carbocycles. The largest absolute Gasteiger partial charge is 0.334 e. The molecular formula is C57H52BN3. The van der Waals surface area contributed by atoms with E-state index in [1.807, 2.05) is 0 Å². The van der Waals surface area contributed by atoms with Crippen molar-refractivity contribution in [2.24, 2.45) is 0 Å². The Hall–Kier alpha value is -6.00. The topological polar surface area (TPSA) is 9.72 Å². The van der Waals surface area contributed by atoms with Crippen LogP contribution in [0.4, 0.5) is 39.8 Å². The van der Waals surface area contributed by atoms with E-state index in [2.05, 4.69) is 201 Å². The molecule has 3 nitrogen and oxygen atoms in total. The Morgan fingerprint density at radius 2 is 1.23 bits per heavy atom. The summed E-state index contributed by atoms with van der Waals surface area (Å²) in [5.41, 5.74) is 22.7. The van der Waals surface area contributed by atoms with Crippen LogP contribution in [0.1, 0.15) is 91.8 Å². The Bertz CT molecular complexity index is 3010. The first-order valence-electron chi connectivity index (χ1n) is 22.8. The third-order valence-corrected chi connectivity index (χ3v) is 17.1. The third-order valence-electron chi connectivity index (χ3n) is 17.1. The SMILES string of the molecule is Cc1cccc(N2c3cc(C)ccc3B3c4cccc5c4N(c4cc(N6c7ccccc7C7(c8ccccc8)CCCCC67C)cc2c43)C2(C)c3ccccc3CCC52C)c1. The van der Waals surface area contributed by atoms with Gasteiger partial charge in [0.05, 0.1) is 11.1 Å². The summed E-state index contributed by atoms with van der Waals surface area (Å²) in [5, 5.41) is 0. The number of hydrogen-bond donors (Lipinski definition) is 0. The highest BCUT2D eigenvalue weighted by atomic mass is 15.3. The molecule has 1 fully saturated rings.